The van der Waals surface area contributed by atoms with Crippen molar-refractivity contribution in [1.82, 2.24) is 0 Å². The number of anilines is 2. The van der Waals surface area contributed by atoms with Crippen LogP contribution in [0.5, 0.6) is 0 Å². The smallest absolute Gasteiger partial charge is 0.229 e. The van der Waals surface area contributed by atoms with E-state index in [1.165, 1.54) is 19.3 Å². The fraction of sp³-hybridized carbons (Fsp3) is 0.538. The molecule has 6 heteroatoms. The molecule has 1 fully saturated rings. The van der Waals surface area contributed by atoms with Crippen molar-refractivity contribution < 1.29 is 8.42 Å². The molecule has 0 aliphatic heterocycles. The molecule has 19 heavy (non-hydrogen) atoms. The largest absolute Gasteiger partial charge is 0.382 e. The van der Waals surface area contributed by atoms with Crippen LogP contribution in [0.3, 0.4) is 0 Å². The van der Waals surface area contributed by atoms with Gasteiger partial charge in [-0.2, -0.15) is 0 Å². The number of benzene rings is 1. The first-order valence-corrected chi connectivity index (χ1v) is 8.64. The standard InChI is InChI=1S/C13H19ClN2O2S/c1-9-3-4-10(7-9)15-11-5-6-13(12(14)8-11)16-19(2,17)18/h5-6,8-10,15-16H,3-4,7H2,1-2H3. The van der Waals surface area contributed by atoms with E-state index in [9.17, 15) is 8.42 Å². The summed E-state index contributed by atoms with van der Waals surface area (Å²) in [4.78, 5) is 0. The Hall–Kier alpha value is -0.940. The number of nitrogens with one attached hydrogen (secondary N) is 2. The quantitative estimate of drug-likeness (QED) is 0.897. The fourth-order valence-corrected chi connectivity index (χ4v) is 3.32. The average Bonchev–Trinajstić information content (AvgIpc) is 2.66. The minimum absolute atomic E-state index is 0.404. The third-order valence-corrected chi connectivity index (χ3v) is 4.23. The van der Waals surface area contributed by atoms with E-state index in [2.05, 4.69) is 17.0 Å². The third-order valence-electron chi connectivity index (χ3n) is 3.33. The molecule has 0 amide bonds. The highest BCUT2D eigenvalue weighted by Gasteiger charge is 2.21. The van der Waals surface area contributed by atoms with Gasteiger partial charge in [-0.3, -0.25) is 4.72 Å². The summed E-state index contributed by atoms with van der Waals surface area (Å²) in [5, 5.41) is 3.84. The minimum atomic E-state index is -3.30. The molecule has 1 aromatic carbocycles. The van der Waals surface area contributed by atoms with E-state index in [4.69, 9.17) is 11.6 Å². The molecule has 1 saturated carbocycles. The van der Waals surface area contributed by atoms with E-state index in [1.807, 2.05) is 6.07 Å². The van der Waals surface area contributed by atoms with Crippen LogP contribution in [-0.4, -0.2) is 20.7 Å². The molecule has 0 heterocycles. The van der Waals surface area contributed by atoms with Gasteiger partial charge in [0.1, 0.15) is 0 Å². The fourth-order valence-electron chi connectivity index (χ4n) is 2.46. The van der Waals surface area contributed by atoms with Gasteiger partial charge >= 0.3 is 0 Å². The summed E-state index contributed by atoms with van der Waals surface area (Å²) in [7, 11) is -3.30. The molecule has 0 aromatic heterocycles. The zero-order chi connectivity index (χ0) is 14.0. The molecular weight excluding hydrogens is 284 g/mol. The van der Waals surface area contributed by atoms with Crippen LogP contribution in [0, 0.1) is 5.92 Å². The maximum Gasteiger partial charge on any atom is 0.229 e. The summed E-state index contributed by atoms with van der Waals surface area (Å²) in [6.07, 6.45) is 4.69. The van der Waals surface area contributed by atoms with Gasteiger partial charge in [-0.1, -0.05) is 18.5 Å². The molecule has 1 aliphatic rings. The van der Waals surface area contributed by atoms with E-state index in [0.717, 1.165) is 17.9 Å². The first kappa shape index (κ1) is 14.5. The second-order valence-corrected chi connectivity index (χ2v) is 7.48. The van der Waals surface area contributed by atoms with Crippen molar-refractivity contribution >= 4 is 33.0 Å². The molecule has 0 bridgehead atoms. The van der Waals surface area contributed by atoms with Crippen LogP contribution in [-0.2, 0) is 10.0 Å². The van der Waals surface area contributed by atoms with Gasteiger partial charge in [0.15, 0.2) is 0 Å². The lowest BCUT2D eigenvalue weighted by atomic mass is 10.1. The normalized spacial score (nSPS) is 23.3. The van der Waals surface area contributed by atoms with Gasteiger partial charge in [0, 0.05) is 11.7 Å². The minimum Gasteiger partial charge on any atom is -0.382 e. The van der Waals surface area contributed by atoms with Gasteiger partial charge in [0.05, 0.1) is 17.0 Å². The zero-order valence-electron chi connectivity index (χ0n) is 11.1. The first-order chi connectivity index (χ1) is 8.83. The predicted octanol–water partition coefficient (Wildman–Crippen LogP) is 3.31. The van der Waals surface area contributed by atoms with E-state index >= 15 is 0 Å². The number of sulfonamides is 1. The Morgan fingerprint density at radius 1 is 1.32 bits per heavy atom. The first-order valence-electron chi connectivity index (χ1n) is 6.37. The van der Waals surface area contributed by atoms with Crippen LogP contribution in [0.25, 0.3) is 0 Å². The summed E-state index contributed by atoms with van der Waals surface area (Å²) in [6.45, 7) is 2.26. The van der Waals surface area contributed by atoms with Gasteiger partial charge in [-0.05, 0) is 43.4 Å². The van der Waals surface area contributed by atoms with Crippen LogP contribution < -0.4 is 10.0 Å². The molecule has 0 radical (unpaired) electrons. The molecule has 1 aromatic rings. The molecule has 0 spiro atoms. The molecule has 0 saturated heterocycles. The Kier molecular flexibility index (Phi) is 4.26. The van der Waals surface area contributed by atoms with Crippen molar-refractivity contribution in [1.29, 1.82) is 0 Å². The second-order valence-electron chi connectivity index (χ2n) is 5.33. The maximum atomic E-state index is 11.2. The summed E-state index contributed by atoms with van der Waals surface area (Å²) in [5.74, 6) is 0.763. The Balaban J connectivity index is 2.06. The van der Waals surface area contributed by atoms with Crippen molar-refractivity contribution in [2.75, 3.05) is 16.3 Å². The van der Waals surface area contributed by atoms with Crippen molar-refractivity contribution in [3.8, 4) is 0 Å². The van der Waals surface area contributed by atoms with Gasteiger partial charge in [-0.25, -0.2) is 8.42 Å². The van der Waals surface area contributed by atoms with Crippen molar-refractivity contribution in [3.63, 3.8) is 0 Å². The molecule has 106 valence electrons. The summed E-state index contributed by atoms with van der Waals surface area (Å²) in [6, 6.07) is 5.78. The monoisotopic (exact) mass is 302 g/mol. The molecule has 2 rings (SSSR count). The maximum absolute atomic E-state index is 11.2. The van der Waals surface area contributed by atoms with Crippen LogP contribution >= 0.6 is 11.6 Å². The van der Waals surface area contributed by atoms with Crippen molar-refractivity contribution in [2.45, 2.75) is 32.2 Å². The summed E-state index contributed by atoms with van der Waals surface area (Å²) >= 11 is 6.08. The van der Waals surface area contributed by atoms with E-state index in [0.29, 0.717) is 16.8 Å². The zero-order valence-corrected chi connectivity index (χ0v) is 12.7. The Bertz CT molecular complexity index is 560. The number of rotatable bonds is 4. The highest BCUT2D eigenvalue weighted by molar-refractivity contribution is 7.92. The third kappa shape index (κ3) is 4.28. The second kappa shape index (κ2) is 5.59. The lowest BCUT2D eigenvalue weighted by Gasteiger charge is -2.15. The molecule has 2 N–H and O–H groups in total. The highest BCUT2D eigenvalue weighted by atomic mass is 35.5. The van der Waals surface area contributed by atoms with Crippen LogP contribution in [0.2, 0.25) is 5.02 Å². The van der Waals surface area contributed by atoms with Crippen LogP contribution in [0.1, 0.15) is 26.2 Å². The van der Waals surface area contributed by atoms with E-state index < -0.39 is 10.0 Å². The number of halogens is 1. The van der Waals surface area contributed by atoms with Crippen molar-refractivity contribution in [3.05, 3.63) is 23.2 Å². The topological polar surface area (TPSA) is 58.2 Å². The summed E-state index contributed by atoms with van der Waals surface area (Å²) in [5.41, 5.74) is 1.35. The Morgan fingerprint density at radius 2 is 2.05 bits per heavy atom. The van der Waals surface area contributed by atoms with E-state index in [1.54, 1.807) is 12.1 Å². The average molecular weight is 303 g/mol. The summed E-state index contributed by atoms with van der Waals surface area (Å²) < 4.78 is 24.7. The van der Waals surface area contributed by atoms with Crippen molar-refractivity contribution in [2.24, 2.45) is 5.92 Å². The Labute approximate surface area is 119 Å². The molecule has 1 aliphatic carbocycles. The highest BCUT2D eigenvalue weighted by Crippen LogP contribution is 2.30. The van der Waals surface area contributed by atoms with Gasteiger partial charge < -0.3 is 5.32 Å². The van der Waals surface area contributed by atoms with Gasteiger partial charge in [-0.15, -0.1) is 0 Å². The van der Waals surface area contributed by atoms with Crippen LogP contribution in [0.15, 0.2) is 18.2 Å². The SMILES string of the molecule is CC1CCC(Nc2ccc(NS(C)(=O)=O)c(Cl)c2)C1. The lowest BCUT2D eigenvalue weighted by Crippen LogP contribution is -2.15. The van der Waals surface area contributed by atoms with Gasteiger partial charge in [0.25, 0.3) is 0 Å². The lowest BCUT2D eigenvalue weighted by molar-refractivity contribution is 0.602. The molecular formula is C13H19ClN2O2S. The molecule has 4 nitrogen and oxygen atoms in total. The predicted molar refractivity (Wildman–Crippen MR) is 80.3 cm³/mol. The Morgan fingerprint density at radius 3 is 2.58 bits per heavy atom. The van der Waals surface area contributed by atoms with E-state index in [-0.39, 0.29) is 0 Å². The van der Waals surface area contributed by atoms with Gasteiger partial charge in [0.2, 0.25) is 10.0 Å². The van der Waals surface area contributed by atoms with Crippen LogP contribution in [0.4, 0.5) is 11.4 Å². The molecule has 2 unspecified atom stereocenters. The number of hydrogen-bond acceptors (Lipinski definition) is 3. The molecule has 2 atom stereocenters. The number of hydrogen-bond donors (Lipinski definition) is 2.